The maximum Gasteiger partial charge on any atom is 0.413 e. The Morgan fingerprint density at radius 3 is 1.50 bits per heavy atom. The summed E-state index contributed by atoms with van der Waals surface area (Å²) in [5.74, 6) is 0.539. The number of carbonyl (C=O) groups is 6. The molecule has 27 nitrogen and oxygen atoms in total. The number of hydrogen-bond donors (Lipinski definition) is 10. The number of imidazole rings is 3. The van der Waals surface area contributed by atoms with Crippen molar-refractivity contribution in [3.63, 3.8) is 0 Å². The van der Waals surface area contributed by atoms with E-state index in [4.69, 9.17) is 24.1 Å². The average molecular weight is 1450 g/mol. The Morgan fingerprint density at radius 1 is 0.528 bits per heavy atom. The average Bonchev–Trinajstić information content (AvgIpc) is 1.57. The first-order chi connectivity index (χ1) is 52.5. The van der Waals surface area contributed by atoms with Gasteiger partial charge in [0.2, 0.25) is 17.8 Å². The van der Waals surface area contributed by atoms with E-state index in [-0.39, 0.29) is 61.3 Å². The number of likely N-dealkylation sites (tertiary alicyclic amines) is 1. The van der Waals surface area contributed by atoms with Gasteiger partial charge in [0.15, 0.2) is 17.2 Å². The van der Waals surface area contributed by atoms with Crippen LogP contribution in [0.1, 0.15) is 101 Å². The standard InChI is InChI=1S/C28H27N5O3.C28H26N4O5.C25H22N4O6/c34-25-21-11-5-6-12-22(21)28(36,33(25)18-19-9-3-1-4-10-19)20-13-14-23-24(17-20)30-26(29-23)31-27(35)32-15-7-2-8-16-32;33-25-21-8-4-5-9-22(21)28(35,32(25)15-18-6-2-1-3-7-18)20-10-11-23-24(14-20)30-26(29-23)31-27(34)37-17-19-12-13-36-16-19;1-34-11-12-35-17-6-4-5-16(14-17)29-22(30)18-7-2-3-8-19(18)25(29,33)15-9-10-20-21(13-15)27-23(26-20)28-24(31)32/h1,3-6,9-14,17,36H,2,7-8,15-16,18H2,(H2,29,30,31,35);1-11,14,19,35H,12-13,15-17H2,(H2,29,30,31,34);2-10,13-14,33H,11-12H2,1H3,(H,31,32)(H2,26,27,28). The summed E-state index contributed by atoms with van der Waals surface area (Å²) in [5, 5.41) is 53.2. The first-order valence-electron chi connectivity index (χ1n) is 35.3. The number of methoxy groups -OCH3 is 1. The fraction of sp³-hybridized carbons (Fsp3) is 0.222. The molecule has 4 atom stereocenters. The maximum atomic E-state index is 13.6. The second-order valence-corrected chi connectivity index (χ2v) is 26.7. The number of H-pyrrole nitrogens is 3. The van der Waals surface area contributed by atoms with E-state index < -0.39 is 29.4 Å². The second-order valence-electron chi connectivity index (χ2n) is 26.7. The Morgan fingerprint density at radius 2 is 1.00 bits per heavy atom. The molecule has 10 N–H and O–H groups in total. The number of benzene rings is 9. The minimum atomic E-state index is -1.83. The van der Waals surface area contributed by atoms with Gasteiger partial charge in [-0.1, -0.05) is 140 Å². The Balaban J connectivity index is 0.000000129. The van der Waals surface area contributed by atoms with Crippen molar-refractivity contribution in [2.75, 3.05) is 74.1 Å². The second kappa shape index (κ2) is 30.0. The lowest BCUT2D eigenvalue weighted by atomic mass is 9.93. The molecule has 7 amide bonds. The number of rotatable bonds is 17. The third kappa shape index (κ3) is 13.7. The molecule has 0 aliphatic carbocycles. The van der Waals surface area contributed by atoms with E-state index in [2.05, 4.69) is 45.9 Å². The molecular formula is C81H75N13O14. The summed E-state index contributed by atoms with van der Waals surface area (Å²) in [5.41, 5.74) is 4.86. The van der Waals surface area contributed by atoms with E-state index in [0.717, 1.165) is 49.9 Å². The molecule has 0 saturated carbocycles. The summed E-state index contributed by atoms with van der Waals surface area (Å²) < 4.78 is 21.3. The van der Waals surface area contributed by atoms with Crippen molar-refractivity contribution in [2.45, 2.75) is 55.9 Å². The molecule has 2 saturated heterocycles. The number of nitrogens with zero attached hydrogens (tertiary/aromatic N) is 7. The highest BCUT2D eigenvalue weighted by atomic mass is 16.6. The Hall–Kier alpha value is -12.8. The van der Waals surface area contributed by atoms with Gasteiger partial charge in [-0.2, -0.15) is 0 Å². The minimum Gasteiger partial charge on any atom is -0.491 e. The number of carboxylic acid groups (broad SMARTS) is 1. The van der Waals surface area contributed by atoms with Gasteiger partial charge < -0.3 is 59.2 Å². The van der Waals surface area contributed by atoms with Crippen molar-refractivity contribution >= 4 is 92.6 Å². The van der Waals surface area contributed by atoms with Crippen molar-refractivity contribution in [1.82, 2.24) is 44.6 Å². The zero-order valence-electron chi connectivity index (χ0n) is 58.5. The molecule has 0 radical (unpaired) electrons. The van der Waals surface area contributed by atoms with Crippen LogP contribution in [0.3, 0.4) is 0 Å². The number of aromatic amines is 3. The molecule has 5 aliphatic heterocycles. The first-order valence-corrected chi connectivity index (χ1v) is 35.3. The lowest BCUT2D eigenvalue weighted by molar-refractivity contribution is -0.0548. The molecule has 3 aromatic heterocycles. The summed E-state index contributed by atoms with van der Waals surface area (Å²) in [7, 11) is 1.58. The fourth-order valence-electron chi connectivity index (χ4n) is 14.5. The molecule has 2 fully saturated rings. The van der Waals surface area contributed by atoms with Gasteiger partial charge in [-0.25, -0.2) is 29.3 Å². The number of nitrogens with one attached hydrogen (secondary N) is 6. The number of fused-ring (bicyclic) bond motifs is 6. The van der Waals surface area contributed by atoms with Crippen LogP contribution in [0.15, 0.2) is 212 Å². The van der Waals surface area contributed by atoms with E-state index in [1.54, 1.807) is 152 Å². The van der Waals surface area contributed by atoms with Crippen LogP contribution in [-0.4, -0.2) is 154 Å². The van der Waals surface area contributed by atoms with Crippen LogP contribution < -0.4 is 25.6 Å². The van der Waals surface area contributed by atoms with Gasteiger partial charge in [0.25, 0.3) is 17.7 Å². The van der Waals surface area contributed by atoms with Crippen LogP contribution in [0.25, 0.3) is 33.1 Å². The lowest BCUT2D eigenvalue weighted by Gasteiger charge is -2.35. The normalized spacial score (nSPS) is 19.1. The topological polar surface area (TPSA) is 355 Å². The molecule has 0 spiro atoms. The number of urea groups is 1. The summed E-state index contributed by atoms with van der Waals surface area (Å²) in [6.07, 6.45) is 2.18. The van der Waals surface area contributed by atoms with Crippen LogP contribution in [0.5, 0.6) is 5.75 Å². The van der Waals surface area contributed by atoms with Crippen molar-refractivity contribution in [3.8, 4) is 5.75 Å². The zero-order valence-corrected chi connectivity index (χ0v) is 58.5. The highest BCUT2D eigenvalue weighted by molar-refractivity contribution is 6.13. The molecule has 4 unspecified atom stereocenters. The van der Waals surface area contributed by atoms with Gasteiger partial charge in [0.1, 0.15) is 12.4 Å². The van der Waals surface area contributed by atoms with E-state index in [1.165, 1.54) is 14.7 Å². The predicted molar refractivity (Wildman–Crippen MR) is 400 cm³/mol. The number of carbonyl (C=O) groups excluding carboxylic acids is 5. The number of ether oxygens (including phenoxy) is 4. The highest BCUT2D eigenvalue weighted by Crippen LogP contribution is 2.48. The summed E-state index contributed by atoms with van der Waals surface area (Å²) in [4.78, 5) is 105. The molecule has 108 heavy (non-hydrogen) atoms. The minimum absolute atomic E-state index is 0.0531. The first kappa shape index (κ1) is 70.9. The number of aromatic nitrogens is 6. The molecule has 12 aromatic rings. The summed E-state index contributed by atoms with van der Waals surface area (Å²) in [6.45, 7) is 4.28. The van der Waals surface area contributed by atoms with Gasteiger partial charge in [-0.3, -0.25) is 45.0 Å². The fourth-order valence-corrected chi connectivity index (χ4v) is 14.5. The van der Waals surface area contributed by atoms with Gasteiger partial charge in [-0.15, -0.1) is 0 Å². The number of aliphatic hydroxyl groups is 3. The molecule has 0 bridgehead atoms. The predicted octanol–water partition coefficient (Wildman–Crippen LogP) is 12.0. The molecule has 9 aromatic carbocycles. The summed E-state index contributed by atoms with van der Waals surface area (Å²) in [6, 6.07) is 62.7. The van der Waals surface area contributed by atoms with Gasteiger partial charge in [-0.05, 0) is 104 Å². The molecule has 5 aliphatic rings. The third-order valence-electron chi connectivity index (χ3n) is 19.8. The summed E-state index contributed by atoms with van der Waals surface area (Å²) >= 11 is 0. The third-order valence-corrected chi connectivity index (χ3v) is 19.8. The van der Waals surface area contributed by atoms with Crippen molar-refractivity contribution in [2.24, 2.45) is 5.92 Å². The van der Waals surface area contributed by atoms with Gasteiger partial charge in [0.05, 0.1) is 58.6 Å². The number of hydrogen-bond acceptors (Lipinski definition) is 16. The number of anilines is 4. The molecule has 27 heteroatoms. The van der Waals surface area contributed by atoms with Crippen molar-refractivity contribution < 1.29 is 68.1 Å². The largest absolute Gasteiger partial charge is 0.491 e. The molecule has 8 heterocycles. The van der Waals surface area contributed by atoms with Crippen LogP contribution >= 0.6 is 0 Å². The van der Waals surface area contributed by atoms with Gasteiger partial charge >= 0.3 is 18.2 Å². The van der Waals surface area contributed by atoms with E-state index in [1.807, 2.05) is 72.8 Å². The van der Waals surface area contributed by atoms with Crippen molar-refractivity contribution in [3.05, 3.63) is 274 Å². The monoisotopic (exact) mass is 1450 g/mol. The zero-order chi connectivity index (χ0) is 74.7. The van der Waals surface area contributed by atoms with Crippen LogP contribution in [0, 0.1) is 5.92 Å². The van der Waals surface area contributed by atoms with E-state index in [9.17, 15) is 44.1 Å². The smallest absolute Gasteiger partial charge is 0.413 e. The van der Waals surface area contributed by atoms with E-state index >= 15 is 0 Å². The van der Waals surface area contributed by atoms with Gasteiger partial charge in [0, 0.05) is 102 Å². The van der Waals surface area contributed by atoms with Crippen molar-refractivity contribution in [1.29, 1.82) is 0 Å². The highest BCUT2D eigenvalue weighted by Gasteiger charge is 2.53. The Kier molecular flexibility index (Phi) is 19.7. The molecule has 548 valence electrons. The maximum absolute atomic E-state index is 13.6. The quantitative estimate of drug-likeness (QED) is 0.0379. The Labute approximate surface area is 617 Å². The Bertz CT molecular complexity index is 5390. The van der Waals surface area contributed by atoms with Crippen LogP contribution in [0.2, 0.25) is 0 Å². The number of amides is 7. The molecule has 17 rings (SSSR count). The SMILES string of the molecule is COCCOc1cccc(N2C(=O)c3ccccc3C2(O)c2ccc3nc(NC(=O)O)[nH]c3c2)c1.O=C(Nc1nc2ccc(C3(O)c4ccccc4C(=O)N3Cc3ccccc3)cc2[nH]1)N1CCCCC1.O=C(Nc1nc2ccc(C3(O)c4ccccc4C(=O)N3Cc3ccccc3)cc2[nH]1)OCC1CCOC1. The number of piperidine rings is 1. The van der Waals surface area contributed by atoms with Crippen LogP contribution in [-0.2, 0) is 44.5 Å². The van der Waals surface area contributed by atoms with Crippen LogP contribution in [0.4, 0.5) is 37.9 Å². The molecular weight excluding hydrogens is 1380 g/mol. The van der Waals surface area contributed by atoms with E-state index in [0.29, 0.717) is 127 Å². The lowest BCUT2D eigenvalue weighted by Crippen LogP contribution is -2.45.